The number of carbonyl (C=O) groups is 1. The molecule has 2 rings (SSSR count). The summed E-state index contributed by atoms with van der Waals surface area (Å²) in [7, 11) is 0. The molecule has 0 saturated carbocycles. The zero-order valence-electron chi connectivity index (χ0n) is 12.1. The van der Waals surface area contributed by atoms with Gasteiger partial charge in [-0.05, 0) is 5.53 Å². The van der Waals surface area contributed by atoms with Crippen LogP contribution in [0.15, 0.2) is 5.11 Å². The van der Waals surface area contributed by atoms with E-state index in [0.717, 1.165) is 0 Å². The summed E-state index contributed by atoms with van der Waals surface area (Å²) in [5, 5.41) is 60.5. The van der Waals surface area contributed by atoms with Gasteiger partial charge in [-0.1, -0.05) is 5.11 Å². The van der Waals surface area contributed by atoms with Crippen LogP contribution in [0.5, 0.6) is 0 Å². The summed E-state index contributed by atoms with van der Waals surface area (Å²) in [4.78, 5) is 13.5. The number of aliphatic hydroxyl groups excluding tert-OH is 5. The molecular formula is C11H17N3O10. The Morgan fingerprint density at radius 1 is 1.12 bits per heavy atom. The molecule has 24 heavy (non-hydrogen) atoms. The minimum Gasteiger partial charge on any atom is -0.479 e. The maximum absolute atomic E-state index is 11.0. The van der Waals surface area contributed by atoms with E-state index in [1.165, 1.54) is 0 Å². The molecule has 0 aliphatic carbocycles. The molecule has 0 bridgehead atoms. The van der Waals surface area contributed by atoms with Crippen molar-refractivity contribution in [2.45, 2.75) is 55.2 Å². The smallest absolute Gasteiger partial charge is 0.335 e. The number of azide groups is 1. The van der Waals surface area contributed by atoms with Gasteiger partial charge in [0.2, 0.25) is 0 Å². The minimum absolute atomic E-state index is 0.643. The van der Waals surface area contributed by atoms with Crippen molar-refractivity contribution in [3.63, 3.8) is 0 Å². The SMILES string of the molecule is [N-]=[N+]=N[C@H]1O[C@H](CO)[C@@H](O[C@@H]2O[C@H](C(=O)O)[C@@H](O)[C@H](O)[C@H]2O)[C@@H]1O. The summed E-state index contributed by atoms with van der Waals surface area (Å²) in [6.45, 7) is -0.643. The highest BCUT2D eigenvalue weighted by Gasteiger charge is 2.51. The van der Waals surface area contributed by atoms with Crippen LogP contribution in [0.2, 0.25) is 0 Å². The Morgan fingerprint density at radius 2 is 1.79 bits per heavy atom. The summed E-state index contributed by atoms with van der Waals surface area (Å²) in [5.74, 6) is -1.60. The number of aliphatic hydroxyl groups is 5. The molecule has 136 valence electrons. The molecule has 0 aromatic rings. The van der Waals surface area contributed by atoms with E-state index in [9.17, 15) is 30.3 Å². The largest absolute Gasteiger partial charge is 0.479 e. The highest BCUT2D eigenvalue weighted by Crippen LogP contribution is 2.30. The zero-order chi connectivity index (χ0) is 18.0. The van der Waals surface area contributed by atoms with Crippen LogP contribution in [0, 0.1) is 0 Å². The molecular weight excluding hydrogens is 334 g/mol. The van der Waals surface area contributed by atoms with E-state index in [-0.39, 0.29) is 0 Å². The Kier molecular flexibility index (Phi) is 5.92. The molecule has 2 fully saturated rings. The number of carboxylic acid groups (broad SMARTS) is 1. The number of hydrogen-bond acceptors (Lipinski definition) is 10. The molecule has 13 heteroatoms. The fraction of sp³-hybridized carbons (Fsp3) is 0.909. The lowest BCUT2D eigenvalue weighted by molar-refractivity contribution is -0.311. The van der Waals surface area contributed by atoms with E-state index in [4.69, 9.17) is 24.8 Å². The Bertz CT molecular complexity index is 514. The molecule has 9 atom stereocenters. The average Bonchev–Trinajstić information content (AvgIpc) is 2.84. The van der Waals surface area contributed by atoms with Crippen LogP contribution in [-0.4, -0.2) is 98.5 Å². The number of carboxylic acids is 1. The first-order valence-electron chi connectivity index (χ1n) is 6.88. The van der Waals surface area contributed by atoms with Crippen molar-refractivity contribution in [3.05, 3.63) is 10.4 Å². The third-order valence-electron chi connectivity index (χ3n) is 3.76. The van der Waals surface area contributed by atoms with Crippen molar-refractivity contribution in [1.29, 1.82) is 0 Å². The van der Waals surface area contributed by atoms with Crippen molar-refractivity contribution in [2.24, 2.45) is 5.11 Å². The van der Waals surface area contributed by atoms with E-state index in [2.05, 4.69) is 10.0 Å². The molecule has 6 N–H and O–H groups in total. The first-order valence-corrected chi connectivity index (χ1v) is 6.88. The van der Waals surface area contributed by atoms with Gasteiger partial charge in [-0.2, -0.15) is 0 Å². The van der Waals surface area contributed by atoms with E-state index in [1.807, 2.05) is 0 Å². The van der Waals surface area contributed by atoms with Crippen LogP contribution < -0.4 is 0 Å². The summed E-state index contributed by atoms with van der Waals surface area (Å²) in [6.07, 6.45) is -14.7. The van der Waals surface area contributed by atoms with Gasteiger partial charge in [0, 0.05) is 4.91 Å². The van der Waals surface area contributed by atoms with Gasteiger partial charge in [0.05, 0.1) is 6.61 Å². The van der Waals surface area contributed by atoms with Gasteiger partial charge < -0.3 is 44.8 Å². The normalized spacial score (nSPS) is 45.6. The molecule has 0 radical (unpaired) electrons. The maximum Gasteiger partial charge on any atom is 0.335 e. The Hall–Kier alpha value is -1.54. The van der Waals surface area contributed by atoms with E-state index in [1.54, 1.807) is 0 Å². The van der Waals surface area contributed by atoms with Gasteiger partial charge in [-0.25, -0.2) is 4.79 Å². The Balaban J connectivity index is 2.15. The monoisotopic (exact) mass is 351 g/mol. The molecule has 0 unspecified atom stereocenters. The zero-order valence-corrected chi connectivity index (χ0v) is 12.1. The first kappa shape index (κ1) is 18.8. The minimum atomic E-state index is -1.90. The van der Waals surface area contributed by atoms with Gasteiger partial charge in [0.15, 0.2) is 18.6 Å². The fourth-order valence-corrected chi connectivity index (χ4v) is 2.50. The van der Waals surface area contributed by atoms with Crippen molar-refractivity contribution < 1.29 is 49.6 Å². The van der Waals surface area contributed by atoms with Crippen LogP contribution in [0.3, 0.4) is 0 Å². The molecule has 2 aliphatic heterocycles. The van der Waals surface area contributed by atoms with Crippen LogP contribution in [-0.2, 0) is 19.0 Å². The molecule has 13 nitrogen and oxygen atoms in total. The summed E-state index contributed by atoms with van der Waals surface area (Å²) in [5.41, 5.74) is 8.39. The lowest BCUT2D eigenvalue weighted by Crippen LogP contribution is -2.61. The molecule has 0 amide bonds. The number of ether oxygens (including phenoxy) is 3. The lowest BCUT2D eigenvalue weighted by Gasteiger charge is -2.40. The van der Waals surface area contributed by atoms with Gasteiger partial charge in [0.1, 0.15) is 36.6 Å². The van der Waals surface area contributed by atoms with Crippen LogP contribution >= 0.6 is 0 Å². The predicted molar refractivity (Wildman–Crippen MR) is 70.1 cm³/mol. The highest BCUT2D eigenvalue weighted by molar-refractivity contribution is 5.73. The number of hydrogen-bond donors (Lipinski definition) is 6. The summed E-state index contributed by atoms with van der Waals surface area (Å²) < 4.78 is 15.2. The van der Waals surface area contributed by atoms with E-state index < -0.39 is 67.8 Å². The number of rotatable bonds is 5. The van der Waals surface area contributed by atoms with Crippen molar-refractivity contribution in [3.8, 4) is 0 Å². The topological polar surface area (TPSA) is 215 Å². The molecule has 0 aromatic heterocycles. The molecule has 2 aliphatic rings. The summed E-state index contributed by atoms with van der Waals surface area (Å²) >= 11 is 0. The lowest BCUT2D eigenvalue weighted by atomic mass is 9.98. The third kappa shape index (κ3) is 3.44. The van der Waals surface area contributed by atoms with Crippen LogP contribution in [0.1, 0.15) is 0 Å². The first-order chi connectivity index (χ1) is 11.3. The molecule has 2 saturated heterocycles. The second kappa shape index (κ2) is 7.57. The molecule has 0 aromatic carbocycles. The van der Waals surface area contributed by atoms with Gasteiger partial charge in [-0.3, -0.25) is 0 Å². The highest BCUT2D eigenvalue weighted by atomic mass is 16.7. The predicted octanol–water partition coefficient (Wildman–Crippen LogP) is -3.35. The average molecular weight is 351 g/mol. The second-order valence-corrected chi connectivity index (χ2v) is 5.28. The number of aliphatic carboxylic acids is 1. The Morgan fingerprint density at radius 3 is 2.33 bits per heavy atom. The van der Waals surface area contributed by atoms with Crippen molar-refractivity contribution in [2.75, 3.05) is 6.61 Å². The van der Waals surface area contributed by atoms with E-state index in [0.29, 0.717) is 0 Å². The van der Waals surface area contributed by atoms with Crippen LogP contribution in [0.4, 0.5) is 0 Å². The van der Waals surface area contributed by atoms with Crippen molar-refractivity contribution in [1.82, 2.24) is 0 Å². The van der Waals surface area contributed by atoms with Gasteiger partial charge in [-0.15, -0.1) is 0 Å². The fourth-order valence-electron chi connectivity index (χ4n) is 2.50. The molecule has 0 spiro atoms. The standard InChI is InChI=1S/C11H17N3O10/c12-14-13-9-6(19)7(2(1-15)22-9)23-11-5(18)3(16)4(17)8(24-11)10(20)21/h2-9,11,15-19H,1H2,(H,20,21)/t2-,3+,4+,5-,6+,7-,8+,9+,11-/m1/s1. The maximum atomic E-state index is 11.0. The second-order valence-electron chi connectivity index (χ2n) is 5.28. The van der Waals surface area contributed by atoms with E-state index >= 15 is 0 Å². The van der Waals surface area contributed by atoms with Crippen molar-refractivity contribution >= 4 is 5.97 Å². The quantitative estimate of drug-likeness (QED) is 0.164. The summed E-state index contributed by atoms with van der Waals surface area (Å²) in [6, 6.07) is 0. The van der Waals surface area contributed by atoms with Crippen LogP contribution in [0.25, 0.3) is 10.4 Å². The Labute approximate surface area is 134 Å². The molecule has 2 heterocycles. The van der Waals surface area contributed by atoms with Gasteiger partial charge in [0.25, 0.3) is 0 Å². The van der Waals surface area contributed by atoms with Gasteiger partial charge >= 0.3 is 5.97 Å². The number of nitrogens with zero attached hydrogens (tertiary/aromatic N) is 3. The third-order valence-corrected chi connectivity index (χ3v) is 3.76.